The zero-order valence-electron chi connectivity index (χ0n) is 12.7. The Kier molecular flexibility index (Phi) is 6.27. The minimum atomic E-state index is 0.160. The van der Waals surface area contributed by atoms with Crippen molar-refractivity contribution < 1.29 is 4.74 Å². The van der Waals surface area contributed by atoms with E-state index in [1.807, 2.05) is 24.3 Å². The van der Waals surface area contributed by atoms with E-state index in [4.69, 9.17) is 16.3 Å². The van der Waals surface area contributed by atoms with Gasteiger partial charge in [-0.15, -0.1) is 0 Å². The quantitative estimate of drug-likeness (QED) is 0.732. The average molecular weight is 307 g/mol. The molecule has 0 fully saturated rings. The maximum absolute atomic E-state index is 6.22. The van der Waals surface area contributed by atoms with E-state index in [2.05, 4.69) is 24.1 Å². The lowest BCUT2D eigenvalue weighted by Gasteiger charge is -2.20. The van der Waals surface area contributed by atoms with E-state index in [1.54, 1.807) is 6.20 Å². The lowest BCUT2D eigenvalue weighted by atomic mass is 10.2. The third-order valence-electron chi connectivity index (χ3n) is 3.38. The Morgan fingerprint density at radius 3 is 2.86 bits per heavy atom. The maximum atomic E-state index is 6.22. The predicted octanol–water partition coefficient (Wildman–Crippen LogP) is 4.44. The van der Waals surface area contributed by atoms with Crippen molar-refractivity contribution in [2.24, 2.45) is 0 Å². The van der Waals surface area contributed by atoms with Gasteiger partial charge < -0.3 is 10.1 Å². The number of nitrogens with one attached hydrogen (secondary N) is 1. The molecule has 21 heavy (non-hydrogen) atoms. The molecule has 0 amide bonds. The van der Waals surface area contributed by atoms with Crippen LogP contribution in [0.2, 0.25) is 5.02 Å². The second kappa shape index (κ2) is 8.20. The number of halogens is 1. The predicted molar refractivity (Wildman–Crippen MR) is 89.2 cm³/mol. The second-order valence-electron chi connectivity index (χ2n) is 5.18. The van der Waals surface area contributed by atoms with Gasteiger partial charge in [0.2, 0.25) is 0 Å². The van der Waals surface area contributed by atoms with Crippen LogP contribution in [0.15, 0.2) is 30.5 Å². The molecular formula is C17H23ClN2O. The molecule has 3 nitrogen and oxygen atoms in total. The smallest absolute Gasteiger partial charge is 0.146 e. The van der Waals surface area contributed by atoms with Gasteiger partial charge in [0.25, 0.3) is 0 Å². The third kappa shape index (κ3) is 4.32. The molecule has 1 atom stereocenters. The first kappa shape index (κ1) is 16.1. The van der Waals surface area contributed by atoms with Crippen molar-refractivity contribution >= 4 is 22.5 Å². The summed E-state index contributed by atoms with van der Waals surface area (Å²) in [5.74, 6) is 0.812. The van der Waals surface area contributed by atoms with Crippen LogP contribution in [0.3, 0.4) is 0 Å². The Labute approximate surface area is 131 Å². The summed E-state index contributed by atoms with van der Waals surface area (Å²) in [6, 6.07) is 7.66. The minimum Gasteiger partial charge on any atom is -0.487 e. The highest BCUT2D eigenvalue weighted by Crippen LogP contribution is 2.30. The Morgan fingerprint density at radius 1 is 1.24 bits per heavy atom. The van der Waals surface area contributed by atoms with Crippen LogP contribution < -0.4 is 10.1 Å². The highest BCUT2D eigenvalue weighted by molar-refractivity contribution is 6.35. The molecule has 0 aliphatic rings. The number of hydrogen-bond acceptors (Lipinski definition) is 3. The summed E-state index contributed by atoms with van der Waals surface area (Å²) >= 11 is 6.22. The molecule has 0 bridgehead atoms. The Bertz CT molecular complexity index is 574. The number of hydrogen-bond donors (Lipinski definition) is 1. The largest absolute Gasteiger partial charge is 0.487 e. The SMILES string of the molecule is CCCNCC(CCC)Oc1ccc(Cl)c2cccnc12. The fraction of sp³-hybridized carbons (Fsp3) is 0.471. The Hall–Kier alpha value is -1.32. The first-order valence-corrected chi connectivity index (χ1v) is 8.04. The monoisotopic (exact) mass is 306 g/mol. The fourth-order valence-electron chi connectivity index (χ4n) is 2.35. The zero-order chi connectivity index (χ0) is 15.1. The molecule has 4 heteroatoms. The lowest BCUT2D eigenvalue weighted by molar-refractivity contribution is 0.188. The van der Waals surface area contributed by atoms with Gasteiger partial charge in [-0.1, -0.05) is 31.9 Å². The number of aromatic nitrogens is 1. The highest BCUT2D eigenvalue weighted by Gasteiger charge is 2.13. The zero-order valence-corrected chi connectivity index (χ0v) is 13.5. The van der Waals surface area contributed by atoms with E-state index in [0.29, 0.717) is 5.02 Å². The van der Waals surface area contributed by atoms with Crippen molar-refractivity contribution in [3.8, 4) is 5.75 Å². The minimum absolute atomic E-state index is 0.160. The molecule has 0 spiro atoms. The van der Waals surface area contributed by atoms with Gasteiger partial charge in [0.05, 0.1) is 5.02 Å². The van der Waals surface area contributed by atoms with Crippen LogP contribution in [0.5, 0.6) is 5.75 Å². The van der Waals surface area contributed by atoms with Gasteiger partial charge in [-0.3, -0.25) is 4.98 Å². The first-order chi connectivity index (χ1) is 10.3. The molecule has 0 saturated carbocycles. The standard InChI is InChI=1S/C17H23ClN2O/c1-3-6-13(12-19-10-4-2)21-16-9-8-15(18)14-7-5-11-20-17(14)16/h5,7-9,11,13,19H,3-4,6,10,12H2,1-2H3. The summed E-state index contributed by atoms with van der Waals surface area (Å²) < 4.78 is 6.19. The van der Waals surface area contributed by atoms with Crippen molar-refractivity contribution in [3.63, 3.8) is 0 Å². The lowest BCUT2D eigenvalue weighted by Crippen LogP contribution is -2.31. The Balaban J connectivity index is 2.18. The van der Waals surface area contributed by atoms with E-state index in [-0.39, 0.29) is 6.10 Å². The molecule has 1 heterocycles. The van der Waals surface area contributed by atoms with Gasteiger partial charge >= 0.3 is 0 Å². The first-order valence-electron chi connectivity index (χ1n) is 7.66. The van der Waals surface area contributed by atoms with Crippen LogP contribution in [0.1, 0.15) is 33.1 Å². The number of pyridine rings is 1. The summed E-state index contributed by atoms with van der Waals surface area (Å²) in [5.41, 5.74) is 0.835. The van der Waals surface area contributed by atoms with Gasteiger partial charge in [-0.2, -0.15) is 0 Å². The van der Waals surface area contributed by atoms with Crippen LogP contribution >= 0.6 is 11.6 Å². The van der Waals surface area contributed by atoms with Gasteiger partial charge in [-0.05, 0) is 43.7 Å². The normalized spacial score (nSPS) is 12.5. The van der Waals surface area contributed by atoms with Gasteiger partial charge in [0, 0.05) is 18.1 Å². The summed E-state index contributed by atoms with van der Waals surface area (Å²) in [6.45, 7) is 6.22. The van der Waals surface area contributed by atoms with E-state index in [9.17, 15) is 0 Å². The van der Waals surface area contributed by atoms with Gasteiger partial charge in [0.15, 0.2) is 0 Å². The van der Waals surface area contributed by atoms with E-state index in [1.165, 1.54) is 0 Å². The van der Waals surface area contributed by atoms with E-state index in [0.717, 1.165) is 49.0 Å². The van der Waals surface area contributed by atoms with Gasteiger partial charge in [0.1, 0.15) is 17.4 Å². The molecule has 114 valence electrons. The molecule has 0 aliphatic heterocycles. The van der Waals surface area contributed by atoms with Crippen molar-refractivity contribution in [3.05, 3.63) is 35.5 Å². The molecule has 2 rings (SSSR count). The third-order valence-corrected chi connectivity index (χ3v) is 3.71. The number of rotatable bonds is 8. The maximum Gasteiger partial charge on any atom is 0.146 e. The molecule has 2 aromatic rings. The van der Waals surface area contributed by atoms with Crippen molar-refractivity contribution in [2.45, 2.75) is 39.2 Å². The molecule has 0 radical (unpaired) electrons. The second-order valence-corrected chi connectivity index (χ2v) is 5.58. The summed E-state index contributed by atoms with van der Waals surface area (Å²) in [5, 5.41) is 5.08. The molecule has 1 aromatic heterocycles. The molecular weight excluding hydrogens is 284 g/mol. The number of ether oxygens (including phenoxy) is 1. The number of fused-ring (bicyclic) bond motifs is 1. The van der Waals surface area contributed by atoms with E-state index >= 15 is 0 Å². The molecule has 0 aliphatic carbocycles. The molecule has 1 N–H and O–H groups in total. The summed E-state index contributed by atoms with van der Waals surface area (Å²) in [4.78, 5) is 4.42. The van der Waals surface area contributed by atoms with Crippen LogP contribution in [0.25, 0.3) is 10.9 Å². The van der Waals surface area contributed by atoms with Gasteiger partial charge in [-0.25, -0.2) is 0 Å². The van der Waals surface area contributed by atoms with E-state index < -0.39 is 0 Å². The fourth-order valence-corrected chi connectivity index (χ4v) is 2.57. The number of nitrogens with zero attached hydrogens (tertiary/aromatic N) is 1. The summed E-state index contributed by atoms with van der Waals surface area (Å²) in [7, 11) is 0. The number of benzene rings is 1. The van der Waals surface area contributed by atoms with Crippen LogP contribution in [-0.2, 0) is 0 Å². The molecule has 1 aromatic carbocycles. The molecule has 1 unspecified atom stereocenters. The van der Waals surface area contributed by atoms with Crippen LogP contribution in [-0.4, -0.2) is 24.2 Å². The van der Waals surface area contributed by atoms with Crippen LogP contribution in [0, 0.1) is 0 Å². The van der Waals surface area contributed by atoms with Crippen LogP contribution in [0.4, 0.5) is 0 Å². The Morgan fingerprint density at radius 2 is 2.10 bits per heavy atom. The average Bonchev–Trinajstić information content (AvgIpc) is 2.51. The van der Waals surface area contributed by atoms with Crippen molar-refractivity contribution in [1.82, 2.24) is 10.3 Å². The topological polar surface area (TPSA) is 34.1 Å². The molecule has 0 saturated heterocycles. The summed E-state index contributed by atoms with van der Waals surface area (Å²) in [6.07, 6.45) is 5.18. The van der Waals surface area contributed by atoms with Crippen molar-refractivity contribution in [2.75, 3.05) is 13.1 Å². The highest BCUT2D eigenvalue weighted by atomic mass is 35.5. The van der Waals surface area contributed by atoms with Crippen molar-refractivity contribution in [1.29, 1.82) is 0 Å².